The maximum Gasteiger partial charge on any atom is 0.307 e. The van der Waals surface area contributed by atoms with Crippen LogP contribution in [0.1, 0.15) is 5.69 Å². The molecule has 1 fully saturated rings. The average molecular weight is 215 g/mol. The van der Waals surface area contributed by atoms with Crippen molar-refractivity contribution in [2.24, 2.45) is 5.41 Å². The van der Waals surface area contributed by atoms with Crippen molar-refractivity contribution in [3.63, 3.8) is 0 Å². The molecule has 0 spiro atoms. The maximum absolute atomic E-state index is 11.4. The van der Waals surface area contributed by atoms with Crippen LogP contribution in [-0.4, -0.2) is 29.5 Å². The largest absolute Gasteiger partial charge is 0.396 e. The molecule has 0 saturated carbocycles. The van der Waals surface area contributed by atoms with Crippen LogP contribution in [-0.2, 0) is 11.3 Å². The van der Waals surface area contributed by atoms with Gasteiger partial charge in [-0.25, -0.2) is 0 Å². The molecule has 0 aromatic carbocycles. The van der Waals surface area contributed by atoms with Crippen LogP contribution >= 0.6 is 11.3 Å². The van der Waals surface area contributed by atoms with Crippen LogP contribution in [0.5, 0.6) is 0 Å². The molecule has 0 radical (unpaired) electrons. The maximum atomic E-state index is 11.4. The van der Waals surface area contributed by atoms with Gasteiger partial charge in [0.25, 0.3) is 0 Å². The van der Waals surface area contributed by atoms with E-state index in [1.165, 1.54) is 11.3 Å². The average Bonchev–Trinajstić information content (AvgIpc) is 2.41. The van der Waals surface area contributed by atoms with E-state index in [-0.39, 0.29) is 16.9 Å². The Labute approximate surface area is 85.8 Å². The van der Waals surface area contributed by atoms with Gasteiger partial charge in [0, 0.05) is 17.6 Å². The lowest BCUT2D eigenvalue weighted by Gasteiger charge is -2.40. The molecule has 2 rings (SSSR count). The first-order valence-electron chi connectivity index (χ1n) is 4.50. The Bertz CT molecular complexity index is 372. The van der Waals surface area contributed by atoms with Gasteiger partial charge in [0.05, 0.1) is 25.2 Å². The van der Waals surface area contributed by atoms with E-state index in [1.54, 1.807) is 4.57 Å². The highest BCUT2D eigenvalue weighted by Crippen LogP contribution is 2.28. The molecule has 0 unspecified atom stereocenters. The summed E-state index contributed by atoms with van der Waals surface area (Å²) in [5.74, 6) is 0. The van der Waals surface area contributed by atoms with E-state index < -0.39 is 0 Å². The van der Waals surface area contributed by atoms with Gasteiger partial charge in [-0.3, -0.25) is 4.79 Å². The number of ether oxygens (including phenoxy) is 1. The zero-order chi connectivity index (χ0) is 10.2. The summed E-state index contributed by atoms with van der Waals surface area (Å²) in [6.07, 6.45) is 0. The van der Waals surface area contributed by atoms with Crippen LogP contribution in [0, 0.1) is 12.3 Å². The Morgan fingerprint density at radius 1 is 1.71 bits per heavy atom. The minimum Gasteiger partial charge on any atom is -0.396 e. The summed E-state index contributed by atoms with van der Waals surface area (Å²) in [5, 5.41) is 11.1. The van der Waals surface area contributed by atoms with Crippen molar-refractivity contribution in [2.75, 3.05) is 19.8 Å². The van der Waals surface area contributed by atoms with Crippen LogP contribution in [0.4, 0.5) is 0 Å². The normalized spacial score (nSPS) is 19.3. The second-order valence-corrected chi connectivity index (χ2v) is 4.70. The highest BCUT2D eigenvalue weighted by Gasteiger charge is 2.39. The number of hydrogen-bond acceptors (Lipinski definition) is 4. The quantitative estimate of drug-likeness (QED) is 0.785. The molecule has 0 atom stereocenters. The summed E-state index contributed by atoms with van der Waals surface area (Å²) in [6.45, 7) is 3.64. The summed E-state index contributed by atoms with van der Waals surface area (Å²) < 4.78 is 6.80. The summed E-state index contributed by atoms with van der Waals surface area (Å²) in [5.41, 5.74) is 0.732. The molecule has 1 saturated heterocycles. The smallest absolute Gasteiger partial charge is 0.307 e. The fourth-order valence-electron chi connectivity index (χ4n) is 1.55. The number of aliphatic hydroxyl groups is 1. The van der Waals surface area contributed by atoms with E-state index in [0.29, 0.717) is 19.8 Å². The SMILES string of the molecule is Cc1csc(=O)n1CC1(CO)COC1. The van der Waals surface area contributed by atoms with Crippen molar-refractivity contribution in [1.29, 1.82) is 0 Å². The van der Waals surface area contributed by atoms with Gasteiger partial charge >= 0.3 is 4.87 Å². The number of rotatable bonds is 3. The first-order valence-corrected chi connectivity index (χ1v) is 5.38. The van der Waals surface area contributed by atoms with Crippen molar-refractivity contribution in [1.82, 2.24) is 4.57 Å². The van der Waals surface area contributed by atoms with E-state index >= 15 is 0 Å². The molecule has 4 nitrogen and oxygen atoms in total. The summed E-state index contributed by atoms with van der Waals surface area (Å²) in [4.78, 5) is 11.5. The number of aliphatic hydroxyl groups excluding tert-OH is 1. The summed E-state index contributed by atoms with van der Waals surface area (Å²) >= 11 is 1.20. The molecule has 1 aliphatic heterocycles. The van der Waals surface area contributed by atoms with E-state index in [1.807, 2.05) is 12.3 Å². The Kier molecular flexibility index (Phi) is 2.47. The fraction of sp³-hybridized carbons (Fsp3) is 0.667. The van der Waals surface area contributed by atoms with Gasteiger partial charge in [-0.1, -0.05) is 11.3 Å². The van der Waals surface area contributed by atoms with Crippen molar-refractivity contribution in [2.45, 2.75) is 13.5 Å². The first kappa shape index (κ1) is 9.89. The second kappa shape index (κ2) is 3.49. The summed E-state index contributed by atoms with van der Waals surface area (Å²) in [7, 11) is 0. The number of aromatic nitrogens is 1. The molecule has 1 aliphatic rings. The highest BCUT2D eigenvalue weighted by atomic mass is 32.1. The lowest BCUT2D eigenvalue weighted by molar-refractivity contribution is -0.145. The molecule has 1 aromatic heterocycles. The van der Waals surface area contributed by atoms with Crippen LogP contribution in [0.25, 0.3) is 0 Å². The van der Waals surface area contributed by atoms with Crippen molar-refractivity contribution < 1.29 is 9.84 Å². The van der Waals surface area contributed by atoms with E-state index in [0.717, 1.165) is 5.69 Å². The van der Waals surface area contributed by atoms with Gasteiger partial charge in [-0.05, 0) is 6.92 Å². The zero-order valence-electron chi connectivity index (χ0n) is 8.02. The molecule has 0 bridgehead atoms. The third-order valence-corrected chi connectivity index (χ3v) is 3.50. The zero-order valence-corrected chi connectivity index (χ0v) is 8.84. The number of nitrogens with zero attached hydrogens (tertiary/aromatic N) is 1. The number of thiazole rings is 1. The monoisotopic (exact) mass is 215 g/mol. The Morgan fingerprint density at radius 3 is 2.79 bits per heavy atom. The topological polar surface area (TPSA) is 51.5 Å². The standard InChI is InChI=1S/C9H13NO3S/c1-7-2-14-8(12)10(7)3-9(4-11)5-13-6-9/h2,11H,3-6H2,1H3. The van der Waals surface area contributed by atoms with Crippen molar-refractivity contribution in [3.8, 4) is 0 Å². The van der Waals surface area contributed by atoms with E-state index in [2.05, 4.69) is 0 Å². The van der Waals surface area contributed by atoms with Crippen molar-refractivity contribution in [3.05, 3.63) is 20.7 Å². The van der Waals surface area contributed by atoms with Crippen LogP contribution in [0.15, 0.2) is 10.2 Å². The minimum absolute atomic E-state index is 0.0437. The third kappa shape index (κ3) is 1.51. The highest BCUT2D eigenvalue weighted by molar-refractivity contribution is 7.07. The molecule has 5 heteroatoms. The molecule has 78 valence electrons. The molecular weight excluding hydrogens is 202 g/mol. The molecule has 2 heterocycles. The molecule has 14 heavy (non-hydrogen) atoms. The molecule has 0 amide bonds. The van der Waals surface area contributed by atoms with Crippen LogP contribution < -0.4 is 4.87 Å². The lowest BCUT2D eigenvalue weighted by Crippen LogP contribution is -2.49. The number of aryl methyl sites for hydroxylation is 1. The molecule has 1 aromatic rings. The van der Waals surface area contributed by atoms with Gasteiger partial charge in [0.1, 0.15) is 0 Å². The second-order valence-electron chi connectivity index (χ2n) is 3.88. The first-order chi connectivity index (χ1) is 6.67. The van der Waals surface area contributed by atoms with Gasteiger partial charge in [0.2, 0.25) is 0 Å². The van der Waals surface area contributed by atoms with E-state index in [9.17, 15) is 9.90 Å². The Balaban J connectivity index is 2.21. The van der Waals surface area contributed by atoms with E-state index in [4.69, 9.17) is 4.74 Å². The number of hydrogen-bond donors (Lipinski definition) is 1. The minimum atomic E-state index is -0.227. The summed E-state index contributed by atoms with van der Waals surface area (Å²) in [6, 6.07) is 0. The van der Waals surface area contributed by atoms with Crippen LogP contribution in [0.2, 0.25) is 0 Å². The van der Waals surface area contributed by atoms with Gasteiger partial charge < -0.3 is 14.4 Å². The fourth-order valence-corrected chi connectivity index (χ4v) is 2.29. The molecular formula is C9H13NO3S. The van der Waals surface area contributed by atoms with Crippen molar-refractivity contribution >= 4 is 11.3 Å². The van der Waals surface area contributed by atoms with Crippen LogP contribution in [0.3, 0.4) is 0 Å². The molecule has 0 aliphatic carbocycles. The Morgan fingerprint density at radius 2 is 2.43 bits per heavy atom. The van der Waals surface area contributed by atoms with Gasteiger partial charge in [0.15, 0.2) is 0 Å². The van der Waals surface area contributed by atoms with Gasteiger partial charge in [-0.15, -0.1) is 0 Å². The lowest BCUT2D eigenvalue weighted by atomic mass is 9.87. The predicted octanol–water partition coefficient (Wildman–Crippen LogP) is 0.227. The molecule has 1 N–H and O–H groups in total. The predicted molar refractivity (Wildman–Crippen MR) is 53.7 cm³/mol. The van der Waals surface area contributed by atoms with Gasteiger partial charge in [-0.2, -0.15) is 0 Å². The Hall–Kier alpha value is -0.650. The third-order valence-electron chi connectivity index (χ3n) is 2.62.